The number of piperazine rings is 1. The molecule has 1 aliphatic carbocycles. The van der Waals surface area contributed by atoms with Gasteiger partial charge in [0.05, 0.1) is 6.04 Å². The summed E-state index contributed by atoms with van der Waals surface area (Å²) in [6.45, 7) is 4.03. The van der Waals surface area contributed by atoms with E-state index in [1.165, 1.54) is 12.8 Å². The summed E-state index contributed by atoms with van der Waals surface area (Å²) in [7, 11) is 0. The lowest BCUT2D eigenvalue weighted by molar-refractivity contribution is -0.136. The van der Waals surface area contributed by atoms with Gasteiger partial charge in [0.25, 0.3) is 0 Å². The Kier molecular flexibility index (Phi) is 2.54. The number of hydrogen-bond acceptors (Lipinski definition) is 2. The molecule has 0 spiro atoms. The normalized spacial score (nSPS) is 29.5. The molecule has 0 aromatic carbocycles. The van der Waals surface area contributed by atoms with Crippen molar-refractivity contribution in [1.82, 2.24) is 10.2 Å². The molecule has 3 heteroatoms. The molecule has 1 saturated heterocycles. The summed E-state index contributed by atoms with van der Waals surface area (Å²) < 4.78 is 0. The van der Waals surface area contributed by atoms with E-state index >= 15 is 0 Å². The fourth-order valence-corrected chi connectivity index (χ4v) is 2.02. The van der Waals surface area contributed by atoms with Gasteiger partial charge in [-0.1, -0.05) is 13.3 Å². The second-order valence-electron chi connectivity index (χ2n) is 4.06. The fraction of sp³-hybridized carbons (Fsp3) is 0.900. The van der Waals surface area contributed by atoms with E-state index in [0.29, 0.717) is 11.9 Å². The zero-order valence-electron chi connectivity index (χ0n) is 8.25. The maximum Gasteiger partial charge on any atom is 0.239 e. The molecule has 0 radical (unpaired) electrons. The summed E-state index contributed by atoms with van der Waals surface area (Å²) in [5.74, 6) is 0.343. The van der Waals surface area contributed by atoms with Gasteiger partial charge in [-0.2, -0.15) is 0 Å². The van der Waals surface area contributed by atoms with Crippen molar-refractivity contribution in [3.8, 4) is 0 Å². The standard InChI is InChI=1S/C10H18N2O/c1-2-3-9-10(13)12(7-6-11-9)8-4-5-8/h8-9,11H,2-7H2,1H3. The Labute approximate surface area is 79.5 Å². The molecule has 2 fully saturated rings. The van der Waals surface area contributed by atoms with Crippen LogP contribution in [0.4, 0.5) is 0 Å². The predicted molar refractivity (Wildman–Crippen MR) is 51.4 cm³/mol. The number of nitrogens with one attached hydrogen (secondary N) is 1. The number of hydrogen-bond donors (Lipinski definition) is 1. The summed E-state index contributed by atoms with van der Waals surface area (Å²) in [4.78, 5) is 13.9. The van der Waals surface area contributed by atoms with Crippen molar-refractivity contribution in [2.45, 2.75) is 44.7 Å². The van der Waals surface area contributed by atoms with Crippen LogP contribution in [0.25, 0.3) is 0 Å². The van der Waals surface area contributed by atoms with E-state index in [-0.39, 0.29) is 6.04 Å². The number of amides is 1. The third-order valence-electron chi connectivity index (χ3n) is 2.89. The fourth-order valence-electron chi connectivity index (χ4n) is 2.02. The molecule has 13 heavy (non-hydrogen) atoms. The molecular weight excluding hydrogens is 164 g/mol. The summed E-state index contributed by atoms with van der Waals surface area (Å²) in [5, 5.41) is 3.29. The third-order valence-corrected chi connectivity index (χ3v) is 2.89. The zero-order valence-corrected chi connectivity index (χ0v) is 8.25. The van der Waals surface area contributed by atoms with E-state index in [0.717, 1.165) is 25.9 Å². The molecule has 74 valence electrons. The minimum atomic E-state index is 0.111. The third kappa shape index (κ3) is 1.85. The van der Waals surface area contributed by atoms with Crippen molar-refractivity contribution in [3.05, 3.63) is 0 Å². The van der Waals surface area contributed by atoms with Crippen LogP contribution in [0.5, 0.6) is 0 Å². The first kappa shape index (κ1) is 9.00. The first-order valence-corrected chi connectivity index (χ1v) is 5.36. The Morgan fingerprint density at radius 1 is 1.54 bits per heavy atom. The van der Waals surface area contributed by atoms with Crippen molar-refractivity contribution in [2.75, 3.05) is 13.1 Å². The highest BCUT2D eigenvalue weighted by atomic mass is 16.2. The molecule has 0 aromatic rings. The highest BCUT2D eigenvalue weighted by molar-refractivity contribution is 5.83. The van der Waals surface area contributed by atoms with Crippen LogP contribution < -0.4 is 5.32 Å². The Hall–Kier alpha value is -0.570. The van der Waals surface area contributed by atoms with Gasteiger partial charge in [0.1, 0.15) is 0 Å². The molecule has 2 rings (SSSR count). The van der Waals surface area contributed by atoms with Gasteiger partial charge < -0.3 is 10.2 Å². The molecule has 1 amide bonds. The molecular formula is C10H18N2O. The summed E-state index contributed by atoms with van der Waals surface area (Å²) in [5.41, 5.74) is 0. The summed E-state index contributed by atoms with van der Waals surface area (Å²) in [6.07, 6.45) is 4.53. The Morgan fingerprint density at radius 2 is 2.31 bits per heavy atom. The van der Waals surface area contributed by atoms with Crippen LogP contribution in [-0.2, 0) is 4.79 Å². The highest BCUT2D eigenvalue weighted by Gasteiger charge is 2.37. The largest absolute Gasteiger partial charge is 0.337 e. The SMILES string of the molecule is CCCC1NCCN(C2CC2)C1=O. The summed E-state index contributed by atoms with van der Waals surface area (Å²) in [6, 6.07) is 0.702. The molecule has 0 aromatic heterocycles. The Balaban J connectivity index is 1.94. The van der Waals surface area contributed by atoms with Gasteiger partial charge in [-0.25, -0.2) is 0 Å². The van der Waals surface area contributed by atoms with Crippen molar-refractivity contribution in [1.29, 1.82) is 0 Å². The molecule has 1 saturated carbocycles. The van der Waals surface area contributed by atoms with Gasteiger partial charge in [0, 0.05) is 19.1 Å². The van der Waals surface area contributed by atoms with Crippen LogP contribution in [-0.4, -0.2) is 36.0 Å². The zero-order chi connectivity index (χ0) is 9.26. The topological polar surface area (TPSA) is 32.3 Å². The van der Waals surface area contributed by atoms with Crippen molar-refractivity contribution in [3.63, 3.8) is 0 Å². The van der Waals surface area contributed by atoms with Crippen molar-refractivity contribution < 1.29 is 4.79 Å². The van der Waals surface area contributed by atoms with Gasteiger partial charge in [0.2, 0.25) is 5.91 Å². The maximum absolute atomic E-state index is 11.9. The van der Waals surface area contributed by atoms with Crippen molar-refractivity contribution in [2.24, 2.45) is 0 Å². The molecule has 1 N–H and O–H groups in total. The Bertz CT molecular complexity index is 199. The van der Waals surface area contributed by atoms with E-state index in [2.05, 4.69) is 17.1 Å². The maximum atomic E-state index is 11.9. The molecule has 1 atom stereocenters. The molecule has 1 unspecified atom stereocenters. The smallest absolute Gasteiger partial charge is 0.239 e. The predicted octanol–water partition coefficient (Wildman–Crippen LogP) is 0.749. The minimum Gasteiger partial charge on any atom is -0.337 e. The van der Waals surface area contributed by atoms with Gasteiger partial charge in [-0.15, -0.1) is 0 Å². The van der Waals surface area contributed by atoms with Crippen LogP contribution in [0.1, 0.15) is 32.6 Å². The second kappa shape index (κ2) is 3.66. The monoisotopic (exact) mass is 182 g/mol. The van der Waals surface area contributed by atoms with Crippen LogP contribution >= 0.6 is 0 Å². The average molecular weight is 182 g/mol. The Morgan fingerprint density at radius 3 is 2.92 bits per heavy atom. The number of rotatable bonds is 3. The van der Waals surface area contributed by atoms with Gasteiger partial charge >= 0.3 is 0 Å². The van der Waals surface area contributed by atoms with Crippen LogP contribution in [0, 0.1) is 0 Å². The second-order valence-corrected chi connectivity index (χ2v) is 4.06. The van der Waals surface area contributed by atoms with E-state index in [1.54, 1.807) is 0 Å². The average Bonchev–Trinajstić information content (AvgIpc) is 2.92. The van der Waals surface area contributed by atoms with Gasteiger partial charge in [-0.3, -0.25) is 4.79 Å². The van der Waals surface area contributed by atoms with Gasteiger partial charge in [0.15, 0.2) is 0 Å². The first-order valence-electron chi connectivity index (χ1n) is 5.36. The number of carbonyl (C=O) groups excluding carboxylic acids is 1. The first-order chi connectivity index (χ1) is 6.33. The molecule has 3 nitrogen and oxygen atoms in total. The lowest BCUT2D eigenvalue weighted by Gasteiger charge is -2.33. The quantitative estimate of drug-likeness (QED) is 0.698. The summed E-state index contributed by atoms with van der Waals surface area (Å²) >= 11 is 0. The number of nitrogens with zero attached hydrogens (tertiary/aromatic N) is 1. The van der Waals surface area contributed by atoms with Crippen LogP contribution in [0.3, 0.4) is 0 Å². The van der Waals surface area contributed by atoms with Crippen LogP contribution in [0.15, 0.2) is 0 Å². The highest BCUT2D eigenvalue weighted by Crippen LogP contribution is 2.28. The molecule has 0 bridgehead atoms. The van der Waals surface area contributed by atoms with E-state index < -0.39 is 0 Å². The molecule has 2 aliphatic rings. The molecule has 1 aliphatic heterocycles. The minimum absolute atomic E-state index is 0.111. The van der Waals surface area contributed by atoms with E-state index in [1.807, 2.05) is 0 Å². The van der Waals surface area contributed by atoms with Crippen LogP contribution in [0.2, 0.25) is 0 Å². The van der Waals surface area contributed by atoms with E-state index in [4.69, 9.17) is 0 Å². The van der Waals surface area contributed by atoms with Crippen molar-refractivity contribution >= 4 is 5.91 Å². The molecule has 1 heterocycles. The lowest BCUT2D eigenvalue weighted by atomic mass is 10.1. The lowest BCUT2D eigenvalue weighted by Crippen LogP contribution is -2.55. The van der Waals surface area contributed by atoms with E-state index in [9.17, 15) is 4.79 Å². The van der Waals surface area contributed by atoms with Gasteiger partial charge in [-0.05, 0) is 19.3 Å². The number of carbonyl (C=O) groups is 1.